The van der Waals surface area contributed by atoms with E-state index in [9.17, 15) is 23.3 Å². The lowest BCUT2D eigenvalue weighted by molar-refractivity contribution is -0.387. The topological polar surface area (TPSA) is 135 Å². The maximum absolute atomic E-state index is 14.1. The average Bonchev–Trinajstić information content (AvgIpc) is 2.96. The third-order valence-electron chi connectivity index (χ3n) is 6.60. The highest BCUT2D eigenvalue weighted by atomic mass is 32.2. The summed E-state index contributed by atoms with van der Waals surface area (Å²) in [5.41, 5.74) is 1.95. The van der Waals surface area contributed by atoms with Gasteiger partial charge in [0.1, 0.15) is 5.82 Å². The van der Waals surface area contributed by atoms with Crippen molar-refractivity contribution in [3.8, 4) is 0 Å². The van der Waals surface area contributed by atoms with Gasteiger partial charge in [-0.05, 0) is 66.8 Å². The van der Waals surface area contributed by atoms with Crippen LogP contribution in [-0.2, 0) is 23.0 Å². The molecular weight excluding hydrogens is 518 g/mol. The predicted molar refractivity (Wildman–Crippen MR) is 144 cm³/mol. The van der Waals surface area contributed by atoms with Gasteiger partial charge in [-0.25, -0.2) is 13.4 Å². The quantitative estimate of drug-likeness (QED) is 0.246. The molecule has 0 saturated heterocycles. The van der Waals surface area contributed by atoms with Gasteiger partial charge in [0.25, 0.3) is 21.6 Å². The second-order valence-corrected chi connectivity index (χ2v) is 11.0. The number of anilines is 1. The summed E-state index contributed by atoms with van der Waals surface area (Å²) in [5, 5.41) is 14.5. The zero-order valence-corrected chi connectivity index (χ0v) is 21.6. The summed E-state index contributed by atoms with van der Waals surface area (Å²) in [6.45, 7) is -0.111. The number of carbonyl (C=O) groups is 1. The van der Waals surface area contributed by atoms with Crippen molar-refractivity contribution in [2.45, 2.75) is 36.7 Å². The van der Waals surface area contributed by atoms with Gasteiger partial charge in [0.2, 0.25) is 0 Å². The number of nitrogens with one attached hydrogen (secondary N) is 1. The van der Waals surface area contributed by atoms with Crippen molar-refractivity contribution >= 4 is 27.4 Å². The lowest BCUT2D eigenvalue weighted by atomic mass is 9.91. The Hall–Kier alpha value is -4.48. The maximum atomic E-state index is 14.1. The molecule has 0 bridgehead atoms. The van der Waals surface area contributed by atoms with E-state index in [1.54, 1.807) is 54.9 Å². The van der Waals surface area contributed by atoms with E-state index >= 15 is 0 Å². The summed E-state index contributed by atoms with van der Waals surface area (Å²) >= 11 is 0. The zero-order valence-electron chi connectivity index (χ0n) is 20.8. The Bertz CT molecular complexity index is 1630. The summed E-state index contributed by atoms with van der Waals surface area (Å²) in [4.78, 5) is 32.2. The highest BCUT2D eigenvalue weighted by Gasteiger charge is 2.39. The fraction of sp³-hybridized carbons (Fsp3) is 0.179. The summed E-state index contributed by atoms with van der Waals surface area (Å²) in [6, 6.07) is 20.2. The number of nitro groups is 1. The molecule has 5 rings (SSSR count). The number of benzene rings is 2. The smallest absolute Gasteiger partial charge is 0.289 e. The summed E-state index contributed by atoms with van der Waals surface area (Å²) in [6.07, 6.45) is 5.19. The number of carbonyl (C=O) groups excluding carboxylic acids is 1. The van der Waals surface area contributed by atoms with Crippen molar-refractivity contribution in [1.82, 2.24) is 14.3 Å². The van der Waals surface area contributed by atoms with E-state index in [-0.39, 0.29) is 11.4 Å². The number of sulfonamides is 1. The first-order chi connectivity index (χ1) is 18.8. The molecule has 0 radical (unpaired) electrons. The minimum absolute atomic E-state index is 0.111. The molecule has 0 saturated carbocycles. The number of pyridine rings is 2. The zero-order chi connectivity index (χ0) is 27.4. The van der Waals surface area contributed by atoms with E-state index in [4.69, 9.17) is 0 Å². The first-order valence-corrected chi connectivity index (χ1v) is 13.8. The Morgan fingerprint density at radius 1 is 1.00 bits per heavy atom. The standard InChI is InChI=1S/C28H25N5O5S/c34-28(31-26-15-3-4-16-29-26)22-10-5-8-20(18-22)19-32(24-13-6-9-21-11-7-17-30-27(21)24)39(37,38)25-14-2-1-12-23(25)33(35)36/h1-5,7-8,10-12,14-18,24H,6,9,13,19H2,(H,29,31,34). The second-order valence-electron chi connectivity index (χ2n) is 9.10. The molecule has 4 aromatic rings. The third kappa shape index (κ3) is 5.54. The lowest BCUT2D eigenvalue weighted by Gasteiger charge is -2.34. The minimum atomic E-state index is -4.36. The number of hydrogen-bond acceptors (Lipinski definition) is 7. The van der Waals surface area contributed by atoms with Gasteiger partial charge in [0, 0.05) is 30.6 Å². The SMILES string of the molecule is O=C(Nc1ccccn1)c1cccc(CN(C2CCCc3cccnc32)S(=O)(=O)c2ccccc2[N+](=O)[O-])c1. The summed E-state index contributed by atoms with van der Waals surface area (Å²) < 4.78 is 29.5. The molecule has 10 nitrogen and oxygen atoms in total. The van der Waals surface area contributed by atoms with Crippen molar-refractivity contribution in [2.24, 2.45) is 0 Å². The maximum Gasteiger partial charge on any atom is 0.289 e. The van der Waals surface area contributed by atoms with Crippen LogP contribution in [-0.4, -0.2) is 33.5 Å². The Morgan fingerprint density at radius 2 is 1.79 bits per heavy atom. The Balaban J connectivity index is 1.55. The molecule has 198 valence electrons. The van der Waals surface area contributed by atoms with Crippen molar-refractivity contribution in [3.63, 3.8) is 0 Å². The van der Waals surface area contributed by atoms with Gasteiger partial charge in [-0.2, -0.15) is 4.31 Å². The van der Waals surface area contributed by atoms with Crippen LogP contribution in [0.2, 0.25) is 0 Å². The van der Waals surface area contributed by atoms with E-state index in [2.05, 4.69) is 15.3 Å². The van der Waals surface area contributed by atoms with Gasteiger partial charge in [0.15, 0.2) is 4.90 Å². The van der Waals surface area contributed by atoms with Gasteiger partial charge in [0.05, 0.1) is 16.7 Å². The number of nitro benzene ring substituents is 1. The van der Waals surface area contributed by atoms with E-state index < -0.39 is 32.6 Å². The van der Waals surface area contributed by atoms with Crippen LogP contribution in [0.1, 0.15) is 46.1 Å². The summed E-state index contributed by atoms with van der Waals surface area (Å²) in [7, 11) is -4.36. The van der Waals surface area contributed by atoms with E-state index in [0.717, 1.165) is 18.4 Å². The molecule has 0 aliphatic heterocycles. The van der Waals surface area contributed by atoms with Gasteiger partial charge >= 0.3 is 0 Å². The Labute approximate surface area is 225 Å². The van der Waals surface area contributed by atoms with Gasteiger partial charge in [-0.15, -0.1) is 0 Å². The molecule has 0 fully saturated rings. The first-order valence-electron chi connectivity index (χ1n) is 12.3. The fourth-order valence-corrected chi connectivity index (χ4v) is 6.57. The van der Waals surface area contributed by atoms with Crippen LogP contribution < -0.4 is 5.32 Å². The van der Waals surface area contributed by atoms with Crippen molar-refractivity contribution in [3.05, 3.63) is 124 Å². The van der Waals surface area contributed by atoms with E-state index in [1.807, 2.05) is 12.1 Å². The Morgan fingerprint density at radius 3 is 2.59 bits per heavy atom. The van der Waals surface area contributed by atoms with Crippen LogP contribution in [0.25, 0.3) is 0 Å². The lowest BCUT2D eigenvalue weighted by Crippen LogP contribution is -2.37. The van der Waals surface area contributed by atoms with Crippen LogP contribution in [0.15, 0.2) is 96.2 Å². The number of nitrogens with zero attached hydrogens (tertiary/aromatic N) is 4. The average molecular weight is 544 g/mol. The van der Waals surface area contributed by atoms with Crippen molar-refractivity contribution in [2.75, 3.05) is 5.32 Å². The molecule has 11 heteroatoms. The molecule has 39 heavy (non-hydrogen) atoms. The molecule has 2 aromatic heterocycles. The third-order valence-corrected chi connectivity index (χ3v) is 8.50. The normalized spacial score (nSPS) is 14.9. The molecule has 1 amide bonds. The van der Waals surface area contributed by atoms with Crippen LogP contribution >= 0.6 is 0 Å². The monoisotopic (exact) mass is 543 g/mol. The number of amides is 1. The number of hydrogen-bond donors (Lipinski definition) is 1. The minimum Gasteiger partial charge on any atom is -0.307 e. The molecule has 1 N–H and O–H groups in total. The molecule has 0 spiro atoms. The highest BCUT2D eigenvalue weighted by Crippen LogP contribution is 2.39. The van der Waals surface area contributed by atoms with E-state index in [1.165, 1.54) is 28.6 Å². The van der Waals surface area contributed by atoms with Crippen molar-refractivity contribution in [1.29, 1.82) is 0 Å². The highest BCUT2D eigenvalue weighted by molar-refractivity contribution is 7.89. The van der Waals surface area contributed by atoms with Crippen LogP contribution in [0.5, 0.6) is 0 Å². The van der Waals surface area contributed by atoms with Crippen LogP contribution in [0, 0.1) is 10.1 Å². The van der Waals surface area contributed by atoms with Crippen LogP contribution in [0.4, 0.5) is 11.5 Å². The number of fused-ring (bicyclic) bond motifs is 1. The van der Waals surface area contributed by atoms with Crippen molar-refractivity contribution < 1.29 is 18.1 Å². The molecule has 1 aliphatic rings. The molecule has 2 heterocycles. The van der Waals surface area contributed by atoms with Gasteiger partial charge < -0.3 is 5.32 Å². The fourth-order valence-electron chi connectivity index (χ4n) is 4.80. The van der Waals surface area contributed by atoms with Gasteiger partial charge in [-0.1, -0.05) is 36.4 Å². The predicted octanol–water partition coefficient (Wildman–Crippen LogP) is 4.91. The second kappa shape index (κ2) is 11.1. The number of para-hydroxylation sites is 1. The van der Waals surface area contributed by atoms with E-state index in [0.29, 0.717) is 29.1 Å². The van der Waals surface area contributed by atoms with Gasteiger partial charge in [-0.3, -0.25) is 19.9 Å². The molecule has 1 atom stereocenters. The molecule has 2 aromatic carbocycles. The summed E-state index contributed by atoms with van der Waals surface area (Å²) in [5.74, 6) is -0.00767. The molecular formula is C28H25N5O5S. The number of aromatic nitrogens is 2. The largest absolute Gasteiger partial charge is 0.307 e. The number of rotatable bonds is 8. The Kier molecular flexibility index (Phi) is 7.44. The first kappa shape index (κ1) is 26.1. The molecule has 1 aliphatic carbocycles. The number of aryl methyl sites for hydroxylation is 1. The van der Waals surface area contributed by atoms with Crippen LogP contribution in [0.3, 0.4) is 0 Å². The molecule has 1 unspecified atom stereocenters.